The summed E-state index contributed by atoms with van der Waals surface area (Å²) in [5.41, 5.74) is 2.83. The molecule has 1 aromatic heterocycles. The third-order valence-electron chi connectivity index (χ3n) is 3.92. The fraction of sp³-hybridized carbons (Fsp3) is 0.167. The Kier molecular flexibility index (Phi) is 5.98. The second-order valence-electron chi connectivity index (χ2n) is 5.76. The molecule has 9 heteroatoms. The molecule has 5 nitrogen and oxygen atoms in total. The Morgan fingerprint density at radius 2 is 2.00 bits per heavy atom. The average Bonchev–Trinajstić information content (AvgIpc) is 3.15. The fourth-order valence-corrected chi connectivity index (χ4v) is 4.52. The Balaban J connectivity index is 1.88. The number of anilines is 2. The highest BCUT2D eigenvalue weighted by Crippen LogP contribution is 2.32. The summed E-state index contributed by atoms with van der Waals surface area (Å²) in [5, 5.41) is 4.81. The van der Waals surface area contributed by atoms with Gasteiger partial charge in [-0.25, -0.2) is 17.8 Å². The Labute approximate surface area is 166 Å². The maximum Gasteiger partial charge on any atom is 0.266 e. The Bertz CT molecular complexity index is 1010. The van der Waals surface area contributed by atoms with Gasteiger partial charge in [0.25, 0.3) is 10.0 Å². The van der Waals surface area contributed by atoms with Crippen molar-refractivity contribution in [1.29, 1.82) is 0 Å². The summed E-state index contributed by atoms with van der Waals surface area (Å²) >= 11 is 7.47. The number of thiazole rings is 1. The van der Waals surface area contributed by atoms with Crippen molar-refractivity contribution in [2.75, 3.05) is 10.0 Å². The minimum atomic E-state index is -4.13. The molecule has 0 aliphatic heterocycles. The van der Waals surface area contributed by atoms with E-state index < -0.39 is 20.7 Å². The van der Waals surface area contributed by atoms with Crippen LogP contribution in [0.15, 0.2) is 58.3 Å². The smallest absolute Gasteiger partial charge is 0.266 e. The molecule has 0 aliphatic rings. The second kappa shape index (κ2) is 8.24. The highest BCUT2D eigenvalue weighted by atomic mass is 35.5. The molecule has 1 heterocycles. The number of benzene rings is 2. The van der Waals surface area contributed by atoms with E-state index in [0.717, 1.165) is 24.1 Å². The van der Waals surface area contributed by atoms with Crippen LogP contribution in [0.5, 0.6) is 0 Å². The first-order valence-electron chi connectivity index (χ1n) is 8.12. The van der Waals surface area contributed by atoms with Gasteiger partial charge in [-0.2, -0.15) is 0 Å². The molecule has 3 aromatic rings. The van der Waals surface area contributed by atoms with Crippen molar-refractivity contribution < 1.29 is 12.8 Å². The quantitative estimate of drug-likeness (QED) is 0.538. The molecule has 2 N–H and O–H groups in total. The molecule has 0 spiro atoms. The molecule has 1 atom stereocenters. The molecular formula is C18H17ClFN3O2S2. The molecule has 0 bridgehead atoms. The van der Waals surface area contributed by atoms with Crippen LogP contribution >= 0.6 is 22.9 Å². The predicted octanol–water partition coefficient (Wildman–Crippen LogP) is 5.30. The van der Waals surface area contributed by atoms with Crippen molar-refractivity contribution in [3.63, 3.8) is 0 Å². The molecule has 2 aromatic carbocycles. The first-order valence-corrected chi connectivity index (χ1v) is 10.9. The first-order chi connectivity index (χ1) is 12.9. The summed E-state index contributed by atoms with van der Waals surface area (Å²) in [4.78, 5) is 3.31. The highest BCUT2D eigenvalue weighted by molar-refractivity contribution is 7.92. The van der Waals surface area contributed by atoms with Gasteiger partial charge in [-0.15, -0.1) is 11.3 Å². The number of hydrogen-bond donors (Lipinski definition) is 2. The Hall–Kier alpha value is -2.16. The lowest BCUT2D eigenvalue weighted by Crippen LogP contribution is -2.16. The standard InChI is InChI=1S/C18H17ClFN3O2S2/c1-2-15(12-6-4-3-5-7-12)22-16-9-14(20)17(8-13(16)19)27(24,25)23-18-10-26-11-21-18/h3-11,15,22-23H,2H2,1H3/t15-/m0/s1. The van der Waals surface area contributed by atoms with E-state index in [4.69, 9.17) is 11.6 Å². The zero-order valence-electron chi connectivity index (χ0n) is 14.3. The van der Waals surface area contributed by atoms with E-state index in [0.29, 0.717) is 5.69 Å². The normalized spacial score (nSPS) is 12.6. The molecular weight excluding hydrogens is 409 g/mol. The summed E-state index contributed by atoms with van der Waals surface area (Å²) in [6.07, 6.45) is 0.743. The number of hydrogen-bond acceptors (Lipinski definition) is 5. The SMILES string of the molecule is CC[C@H](Nc1cc(F)c(S(=O)(=O)Nc2cscn2)cc1Cl)c1ccccc1. The Morgan fingerprint density at radius 1 is 1.26 bits per heavy atom. The van der Waals surface area contributed by atoms with E-state index in [2.05, 4.69) is 15.0 Å². The largest absolute Gasteiger partial charge is 0.377 e. The van der Waals surface area contributed by atoms with Crippen molar-refractivity contribution in [3.05, 3.63) is 69.8 Å². The lowest BCUT2D eigenvalue weighted by molar-refractivity contribution is 0.570. The van der Waals surface area contributed by atoms with Gasteiger partial charge in [0, 0.05) is 5.38 Å². The molecule has 0 saturated carbocycles. The maximum absolute atomic E-state index is 14.6. The van der Waals surface area contributed by atoms with Gasteiger partial charge in [0.1, 0.15) is 10.7 Å². The van der Waals surface area contributed by atoms with Gasteiger partial charge in [-0.05, 0) is 24.1 Å². The second-order valence-corrected chi connectivity index (χ2v) is 8.53. The molecule has 0 unspecified atom stereocenters. The van der Waals surface area contributed by atoms with Crippen molar-refractivity contribution >= 4 is 44.5 Å². The summed E-state index contributed by atoms with van der Waals surface area (Å²) in [5.74, 6) is -0.764. The molecule has 3 rings (SSSR count). The van der Waals surface area contributed by atoms with Crippen molar-refractivity contribution in [2.45, 2.75) is 24.3 Å². The molecule has 142 valence electrons. The van der Waals surface area contributed by atoms with Crippen LogP contribution in [0.4, 0.5) is 15.9 Å². The molecule has 0 fully saturated rings. The van der Waals surface area contributed by atoms with Crippen LogP contribution in [0.1, 0.15) is 24.9 Å². The predicted molar refractivity (Wildman–Crippen MR) is 107 cm³/mol. The van der Waals surface area contributed by atoms with E-state index in [-0.39, 0.29) is 16.9 Å². The lowest BCUT2D eigenvalue weighted by Gasteiger charge is -2.20. The minimum Gasteiger partial charge on any atom is -0.377 e. The van der Waals surface area contributed by atoms with Crippen LogP contribution in [0.2, 0.25) is 5.02 Å². The minimum absolute atomic E-state index is 0.0845. The van der Waals surface area contributed by atoms with Crippen LogP contribution in [0, 0.1) is 5.82 Å². The van der Waals surface area contributed by atoms with Gasteiger partial charge in [-0.3, -0.25) is 4.72 Å². The maximum atomic E-state index is 14.6. The molecule has 0 aliphatic carbocycles. The summed E-state index contributed by atoms with van der Waals surface area (Å²) in [7, 11) is -4.13. The number of halogens is 2. The van der Waals surface area contributed by atoms with Crippen LogP contribution < -0.4 is 10.0 Å². The lowest BCUT2D eigenvalue weighted by atomic mass is 10.0. The third-order valence-corrected chi connectivity index (χ3v) is 6.19. The van der Waals surface area contributed by atoms with Gasteiger partial charge in [0.15, 0.2) is 5.82 Å². The third kappa shape index (κ3) is 4.58. The zero-order valence-corrected chi connectivity index (χ0v) is 16.7. The van der Waals surface area contributed by atoms with Crippen molar-refractivity contribution in [2.24, 2.45) is 0 Å². The summed E-state index contributed by atoms with van der Waals surface area (Å²) in [6, 6.07) is 11.8. The van der Waals surface area contributed by atoms with Gasteiger partial charge >= 0.3 is 0 Å². The zero-order chi connectivity index (χ0) is 19.4. The van der Waals surface area contributed by atoms with Crippen LogP contribution in [-0.4, -0.2) is 13.4 Å². The van der Waals surface area contributed by atoms with E-state index >= 15 is 0 Å². The number of aromatic nitrogens is 1. The topological polar surface area (TPSA) is 71.1 Å². The van der Waals surface area contributed by atoms with E-state index in [9.17, 15) is 12.8 Å². The Morgan fingerprint density at radius 3 is 2.63 bits per heavy atom. The molecule has 27 heavy (non-hydrogen) atoms. The number of nitrogens with one attached hydrogen (secondary N) is 2. The van der Waals surface area contributed by atoms with Crippen molar-refractivity contribution in [1.82, 2.24) is 4.98 Å². The van der Waals surface area contributed by atoms with Gasteiger partial charge < -0.3 is 5.32 Å². The van der Waals surface area contributed by atoms with Gasteiger partial charge in [0.05, 0.1) is 22.3 Å². The molecule has 0 radical (unpaired) electrons. The van der Waals surface area contributed by atoms with Gasteiger partial charge in [0.2, 0.25) is 0 Å². The molecule has 0 amide bonds. The van der Waals surface area contributed by atoms with Crippen LogP contribution in [-0.2, 0) is 10.0 Å². The highest BCUT2D eigenvalue weighted by Gasteiger charge is 2.23. The van der Waals surface area contributed by atoms with E-state index in [1.807, 2.05) is 37.3 Å². The van der Waals surface area contributed by atoms with Crippen LogP contribution in [0.3, 0.4) is 0 Å². The summed E-state index contributed by atoms with van der Waals surface area (Å²) < 4.78 is 41.6. The number of sulfonamides is 1. The van der Waals surface area contributed by atoms with E-state index in [1.54, 1.807) is 0 Å². The fourth-order valence-electron chi connectivity index (χ4n) is 2.59. The number of nitrogens with zero attached hydrogens (tertiary/aromatic N) is 1. The van der Waals surface area contributed by atoms with Crippen LogP contribution in [0.25, 0.3) is 0 Å². The summed E-state index contributed by atoms with van der Waals surface area (Å²) in [6.45, 7) is 1.99. The monoisotopic (exact) mass is 425 g/mol. The average molecular weight is 426 g/mol. The van der Waals surface area contributed by atoms with Gasteiger partial charge in [-0.1, -0.05) is 48.9 Å². The first kappa shape index (κ1) is 19.6. The number of rotatable bonds is 7. The molecule has 0 saturated heterocycles. The van der Waals surface area contributed by atoms with E-state index in [1.165, 1.54) is 22.2 Å². The van der Waals surface area contributed by atoms with Crippen molar-refractivity contribution in [3.8, 4) is 0 Å².